The van der Waals surface area contributed by atoms with Gasteiger partial charge in [0.2, 0.25) is 0 Å². The normalized spacial score (nSPS) is 23.2. The Kier molecular flexibility index (Phi) is 6.55. The molecule has 1 saturated heterocycles. The van der Waals surface area contributed by atoms with Crippen LogP contribution in [-0.4, -0.2) is 24.9 Å². The van der Waals surface area contributed by atoms with Crippen molar-refractivity contribution in [1.82, 2.24) is 10.2 Å². The number of hydrogen-bond acceptors (Lipinski definition) is 5. The first-order valence-electron chi connectivity index (χ1n) is 10.1. The Morgan fingerprint density at radius 1 is 1.10 bits per heavy atom. The lowest BCUT2D eigenvalue weighted by molar-refractivity contribution is 0.417. The summed E-state index contributed by atoms with van der Waals surface area (Å²) in [5.41, 5.74) is 3.73. The van der Waals surface area contributed by atoms with E-state index in [1.54, 1.807) is 7.41 Å². The number of benzene rings is 2. The molecule has 0 bridgehead atoms. The first-order valence-corrected chi connectivity index (χ1v) is 10.9. The minimum atomic E-state index is -0.0445. The fraction of sp³-hybridized carbons (Fsp3) is 0.318. The molecule has 5 nitrogen and oxygen atoms in total. The van der Waals surface area contributed by atoms with E-state index in [2.05, 4.69) is 28.8 Å². The number of nitriles is 1. The van der Waals surface area contributed by atoms with Crippen LogP contribution in [-0.2, 0) is 0 Å². The van der Waals surface area contributed by atoms with Crippen molar-refractivity contribution >= 4 is 41.8 Å². The van der Waals surface area contributed by atoms with Crippen molar-refractivity contribution in [3.63, 3.8) is 0 Å². The molecule has 2 atom stereocenters. The maximum Gasteiger partial charge on any atom is 0.310 e. The number of fused-ring (bicyclic) bond motifs is 1. The first kappa shape index (κ1) is 21.1. The van der Waals surface area contributed by atoms with Crippen molar-refractivity contribution in [2.24, 2.45) is 5.84 Å². The Morgan fingerprint density at radius 3 is 2.63 bits per heavy atom. The quantitative estimate of drug-likeness (QED) is 0.376. The second-order valence-electron chi connectivity index (χ2n) is 7.74. The van der Waals surface area contributed by atoms with Crippen molar-refractivity contribution in [2.75, 3.05) is 11.9 Å². The van der Waals surface area contributed by atoms with Crippen molar-refractivity contribution in [1.29, 1.82) is 5.26 Å². The van der Waals surface area contributed by atoms with Gasteiger partial charge in [-0.3, -0.25) is 5.84 Å². The van der Waals surface area contributed by atoms with Gasteiger partial charge >= 0.3 is 7.41 Å². The van der Waals surface area contributed by atoms with E-state index < -0.39 is 0 Å². The number of nitrogens with one attached hydrogen (secondary N) is 2. The molecule has 153 valence electrons. The number of halogens is 2. The molecule has 0 spiro atoms. The number of nitrogens with zero attached hydrogens (tertiary/aromatic N) is 2. The summed E-state index contributed by atoms with van der Waals surface area (Å²) in [5, 5.41) is 18.2. The maximum atomic E-state index is 9.94. The average Bonchev–Trinajstić information content (AvgIpc) is 2.71. The molecule has 1 radical (unpaired) electrons. The molecule has 2 unspecified atom stereocenters. The molecule has 4 N–H and O–H groups in total. The molecule has 30 heavy (non-hydrogen) atoms. The molecule has 2 heterocycles. The van der Waals surface area contributed by atoms with Crippen molar-refractivity contribution in [3.8, 4) is 6.07 Å². The Balaban J connectivity index is 1.49. The van der Waals surface area contributed by atoms with Crippen LogP contribution in [0, 0.1) is 11.3 Å². The summed E-state index contributed by atoms with van der Waals surface area (Å²) in [6.07, 6.45) is 3.99. The molecule has 2 aliphatic heterocycles. The zero-order valence-electron chi connectivity index (χ0n) is 16.5. The van der Waals surface area contributed by atoms with E-state index in [0.29, 0.717) is 22.3 Å². The van der Waals surface area contributed by atoms with Crippen LogP contribution in [0.2, 0.25) is 10.0 Å². The predicted octanol–water partition coefficient (Wildman–Crippen LogP) is 3.89. The van der Waals surface area contributed by atoms with Gasteiger partial charge in [0.15, 0.2) is 0 Å². The van der Waals surface area contributed by atoms with Gasteiger partial charge in [-0.25, -0.2) is 0 Å². The van der Waals surface area contributed by atoms with E-state index in [1.807, 2.05) is 30.3 Å². The van der Waals surface area contributed by atoms with Crippen molar-refractivity contribution < 1.29 is 0 Å². The zero-order chi connectivity index (χ0) is 21.1. The SMILES string of the molecule is N#C/C(=C1\Nc2ccc(Cl)cc2[B]N1N)C1CCCC(c2ccc(Cl)cc2)CCN1. The molecule has 1 fully saturated rings. The number of nitrogens with two attached hydrogens (primary N) is 1. The van der Waals surface area contributed by atoms with Gasteiger partial charge in [0.1, 0.15) is 11.9 Å². The average molecular weight is 439 g/mol. The molecule has 2 aliphatic rings. The van der Waals surface area contributed by atoms with Crippen LogP contribution in [0.25, 0.3) is 0 Å². The third-order valence-corrected chi connectivity index (χ3v) is 6.28. The van der Waals surface area contributed by atoms with Crippen LogP contribution in [0.3, 0.4) is 0 Å². The topological polar surface area (TPSA) is 77.1 Å². The summed E-state index contributed by atoms with van der Waals surface area (Å²) in [7, 11) is 1.80. The van der Waals surface area contributed by atoms with Gasteiger partial charge in [0.05, 0.1) is 5.57 Å². The van der Waals surface area contributed by atoms with Crippen LogP contribution >= 0.6 is 23.2 Å². The number of anilines is 1. The van der Waals surface area contributed by atoms with Gasteiger partial charge in [-0.2, -0.15) is 5.26 Å². The van der Waals surface area contributed by atoms with Crippen molar-refractivity contribution in [2.45, 2.75) is 37.6 Å². The molecule has 0 aromatic heterocycles. The highest BCUT2D eigenvalue weighted by molar-refractivity contribution is 6.54. The summed E-state index contributed by atoms with van der Waals surface area (Å²) < 4.78 is 0. The highest BCUT2D eigenvalue weighted by Crippen LogP contribution is 2.30. The standard InChI is InChI=1S/C22H23BCl2N5/c24-16-6-4-15(5-7-16)14-2-1-3-20(28-11-10-14)18(13-26)22-29-21-9-8-17(25)12-19(21)23-30(22)27/h4-9,12,14,20,28-29H,1-3,10-11,27H2/b22-18-. The Bertz CT molecular complexity index is 976. The van der Waals surface area contributed by atoms with Crippen molar-refractivity contribution in [3.05, 3.63) is 69.5 Å². The largest absolute Gasteiger partial charge is 0.341 e. The molecule has 2 aromatic rings. The van der Waals surface area contributed by atoms with Crippen LogP contribution in [0.5, 0.6) is 0 Å². The molecular weight excluding hydrogens is 416 g/mol. The second kappa shape index (κ2) is 9.32. The van der Waals surface area contributed by atoms with Gasteiger partial charge in [-0.05, 0) is 73.1 Å². The third kappa shape index (κ3) is 4.60. The minimum absolute atomic E-state index is 0.0445. The fourth-order valence-electron chi connectivity index (χ4n) is 4.22. The Morgan fingerprint density at radius 2 is 1.87 bits per heavy atom. The van der Waals surface area contributed by atoms with Gasteiger partial charge in [0, 0.05) is 21.8 Å². The number of rotatable bonds is 2. The minimum Gasteiger partial charge on any atom is -0.341 e. The molecule has 8 heteroatoms. The number of hydrazine groups is 1. The van der Waals surface area contributed by atoms with Gasteiger partial charge in [-0.1, -0.05) is 41.8 Å². The summed E-state index contributed by atoms with van der Waals surface area (Å²) >= 11 is 12.1. The third-order valence-electron chi connectivity index (χ3n) is 5.80. The molecular formula is C22H23BCl2N5. The smallest absolute Gasteiger partial charge is 0.310 e. The monoisotopic (exact) mass is 438 g/mol. The lowest BCUT2D eigenvalue weighted by Crippen LogP contribution is -2.49. The van der Waals surface area contributed by atoms with E-state index in [1.165, 1.54) is 10.5 Å². The van der Waals surface area contributed by atoms with E-state index in [0.717, 1.165) is 48.4 Å². The lowest BCUT2D eigenvalue weighted by atomic mass is 9.78. The van der Waals surface area contributed by atoms with E-state index in [-0.39, 0.29) is 6.04 Å². The Hall–Kier alpha value is -2.17. The summed E-state index contributed by atoms with van der Waals surface area (Å²) in [6.45, 7) is 0.830. The number of hydrogen-bond donors (Lipinski definition) is 3. The molecule has 2 aromatic carbocycles. The van der Waals surface area contributed by atoms with Gasteiger partial charge in [0.25, 0.3) is 0 Å². The summed E-state index contributed by atoms with van der Waals surface area (Å²) in [4.78, 5) is 1.48. The maximum absolute atomic E-state index is 9.94. The van der Waals surface area contributed by atoms with Crippen LogP contribution in [0.4, 0.5) is 5.69 Å². The second-order valence-corrected chi connectivity index (χ2v) is 8.61. The van der Waals surface area contributed by atoms with E-state index in [9.17, 15) is 5.26 Å². The highest BCUT2D eigenvalue weighted by Gasteiger charge is 2.28. The van der Waals surface area contributed by atoms with E-state index in [4.69, 9.17) is 29.0 Å². The molecule has 0 amide bonds. The summed E-state index contributed by atoms with van der Waals surface area (Å²) in [6, 6.07) is 16.1. The highest BCUT2D eigenvalue weighted by atomic mass is 35.5. The Labute approximate surface area is 188 Å². The van der Waals surface area contributed by atoms with E-state index >= 15 is 0 Å². The lowest BCUT2D eigenvalue weighted by Gasteiger charge is -2.33. The zero-order valence-corrected chi connectivity index (χ0v) is 18.0. The van der Waals surface area contributed by atoms with Crippen LogP contribution < -0.4 is 21.9 Å². The van der Waals surface area contributed by atoms with Gasteiger partial charge in [-0.15, -0.1) is 0 Å². The molecule has 0 saturated carbocycles. The van der Waals surface area contributed by atoms with Crippen LogP contribution in [0.1, 0.15) is 37.2 Å². The van der Waals surface area contributed by atoms with Crippen LogP contribution in [0.15, 0.2) is 53.9 Å². The fourth-order valence-corrected chi connectivity index (χ4v) is 4.53. The molecule has 0 aliphatic carbocycles. The predicted molar refractivity (Wildman–Crippen MR) is 124 cm³/mol. The van der Waals surface area contributed by atoms with Gasteiger partial charge < -0.3 is 15.6 Å². The first-order chi connectivity index (χ1) is 14.5. The molecule has 4 rings (SSSR count). The summed E-state index contributed by atoms with van der Waals surface area (Å²) in [5.74, 6) is 7.34.